The molecule has 0 saturated heterocycles. The SMILES string of the molecule is Cc1nnc(C(CC(C)N(C)C)(c2ccccc2)c2ccccc2)o1.Cl. The average molecular weight is 372 g/mol. The zero-order valence-electron chi connectivity index (χ0n) is 15.7. The van der Waals surface area contributed by atoms with Gasteiger partial charge in [0.15, 0.2) is 0 Å². The van der Waals surface area contributed by atoms with Gasteiger partial charge in [0.25, 0.3) is 0 Å². The first-order valence-corrected chi connectivity index (χ1v) is 8.62. The van der Waals surface area contributed by atoms with E-state index in [9.17, 15) is 0 Å². The standard InChI is InChI=1S/C21H25N3O.ClH/c1-16(24(3)4)15-21(18-11-7-5-8-12-18,19-13-9-6-10-14-19)20-23-22-17(2)25-20;/h5-14,16H,15H2,1-4H3;1H. The molecule has 0 bridgehead atoms. The number of nitrogens with zero attached hydrogens (tertiary/aromatic N) is 3. The first kappa shape index (κ1) is 20.1. The van der Waals surface area contributed by atoms with Crippen LogP contribution in [0.1, 0.15) is 36.3 Å². The van der Waals surface area contributed by atoms with E-state index in [1.54, 1.807) is 0 Å². The highest BCUT2D eigenvalue weighted by atomic mass is 35.5. The van der Waals surface area contributed by atoms with Crippen LogP contribution in [0.15, 0.2) is 65.1 Å². The normalized spacial score (nSPS) is 12.7. The van der Waals surface area contributed by atoms with Crippen molar-refractivity contribution in [3.8, 4) is 0 Å². The van der Waals surface area contributed by atoms with Gasteiger partial charge >= 0.3 is 0 Å². The van der Waals surface area contributed by atoms with Crippen molar-refractivity contribution in [1.29, 1.82) is 0 Å². The van der Waals surface area contributed by atoms with Gasteiger partial charge in [0.05, 0.1) is 5.41 Å². The average Bonchev–Trinajstić information content (AvgIpc) is 3.07. The zero-order chi connectivity index (χ0) is 17.9. The number of hydrogen-bond acceptors (Lipinski definition) is 4. The molecule has 0 aliphatic rings. The molecular formula is C21H26ClN3O. The quantitative estimate of drug-likeness (QED) is 0.641. The fourth-order valence-electron chi connectivity index (χ4n) is 3.28. The Balaban J connectivity index is 0.00000243. The monoisotopic (exact) mass is 371 g/mol. The highest BCUT2D eigenvalue weighted by Crippen LogP contribution is 2.42. The van der Waals surface area contributed by atoms with Crippen molar-refractivity contribution in [1.82, 2.24) is 15.1 Å². The highest BCUT2D eigenvalue weighted by molar-refractivity contribution is 5.85. The molecule has 1 atom stereocenters. The second-order valence-corrected chi connectivity index (χ2v) is 6.78. The molecule has 3 rings (SSSR count). The lowest BCUT2D eigenvalue weighted by Crippen LogP contribution is -2.38. The molecule has 1 heterocycles. The number of rotatable bonds is 6. The van der Waals surface area contributed by atoms with Crippen LogP contribution in [-0.4, -0.2) is 35.2 Å². The fourth-order valence-corrected chi connectivity index (χ4v) is 3.28. The molecule has 0 fully saturated rings. The van der Waals surface area contributed by atoms with E-state index in [4.69, 9.17) is 4.42 Å². The van der Waals surface area contributed by atoms with Gasteiger partial charge in [-0.1, -0.05) is 60.7 Å². The van der Waals surface area contributed by atoms with Crippen molar-refractivity contribution in [2.75, 3.05) is 14.1 Å². The predicted molar refractivity (Wildman–Crippen MR) is 107 cm³/mol. The Bertz CT molecular complexity index is 763. The van der Waals surface area contributed by atoms with Crippen molar-refractivity contribution in [3.63, 3.8) is 0 Å². The Kier molecular flexibility index (Phi) is 6.57. The second kappa shape index (κ2) is 8.47. The lowest BCUT2D eigenvalue weighted by Gasteiger charge is -2.36. The Morgan fingerprint density at radius 2 is 1.42 bits per heavy atom. The molecule has 26 heavy (non-hydrogen) atoms. The van der Waals surface area contributed by atoms with Crippen LogP contribution < -0.4 is 0 Å². The zero-order valence-corrected chi connectivity index (χ0v) is 16.5. The van der Waals surface area contributed by atoms with Crippen LogP contribution in [-0.2, 0) is 5.41 Å². The first-order valence-electron chi connectivity index (χ1n) is 8.62. The summed E-state index contributed by atoms with van der Waals surface area (Å²) in [7, 11) is 4.20. The molecule has 1 unspecified atom stereocenters. The summed E-state index contributed by atoms with van der Waals surface area (Å²) >= 11 is 0. The lowest BCUT2D eigenvalue weighted by molar-refractivity contribution is 0.252. The topological polar surface area (TPSA) is 42.2 Å². The van der Waals surface area contributed by atoms with E-state index in [2.05, 4.69) is 84.6 Å². The van der Waals surface area contributed by atoms with E-state index in [1.165, 1.54) is 11.1 Å². The fraction of sp³-hybridized carbons (Fsp3) is 0.333. The molecule has 0 amide bonds. The number of hydrogen-bond donors (Lipinski definition) is 0. The molecule has 3 aromatic rings. The second-order valence-electron chi connectivity index (χ2n) is 6.78. The number of aryl methyl sites for hydroxylation is 1. The van der Waals surface area contributed by atoms with E-state index >= 15 is 0 Å². The Hall–Kier alpha value is -2.17. The lowest BCUT2D eigenvalue weighted by atomic mass is 9.70. The third-order valence-electron chi connectivity index (χ3n) is 4.91. The summed E-state index contributed by atoms with van der Waals surface area (Å²) < 4.78 is 6.00. The maximum absolute atomic E-state index is 6.00. The molecule has 4 nitrogen and oxygen atoms in total. The van der Waals surface area contributed by atoms with E-state index in [1.807, 2.05) is 19.1 Å². The summed E-state index contributed by atoms with van der Waals surface area (Å²) in [5, 5.41) is 8.57. The molecule has 1 aromatic heterocycles. The summed E-state index contributed by atoms with van der Waals surface area (Å²) in [6, 6.07) is 21.3. The molecular weight excluding hydrogens is 346 g/mol. The van der Waals surface area contributed by atoms with Gasteiger partial charge in [0.1, 0.15) is 0 Å². The van der Waals surface area contributed by atoms with E-state index in [-0.39, 0.29) is 12.4 Å². The maximum Gasteiger partial charge on any atom is 0.231 e. The molecule has 0 saturated carbocycles. The van der Waals surface area contributed by atoms with Crippen LogP contribution in [0.25, 0.3) is 0 Å². The van der Waals surface area contributed by atoms with Gasteiger partial charge in [-0.3, -0.25) is 0 Å². The minimum absolute atomic E-state index is 0. The minimum Gasteiger partial charge on any atom is -0.424 e. The highest BCUT2D eigenvalue weighted by Gasteiger charge is 2.42. The number of halogens is 1. The third kappa shape index (κ3) is 3.81. The van der Waals surface area contributed by atoms with E-state index in [0.29, 0.717) is 17.8 Å². The Morgan fingerprint density at radius 3 is 1.81 bits per heavy atom. The van der Waals surface area contributed by atoms with Gasteiger partial charge in [-0.2, -0.15) is 0 Å². The van der Waals surface area contributed by atoms with E-state index < -0.39 is 5.41 Å². The van der Waals surface area contributed by atoms with Gasteiger partial charge in [-0.15, -0.1) is 22.6 Å². The summed E-state index contributed by atoms with van der Waals surface area (Å²) in [6.45, 7) is 4.07. The van der Waals surface area contributed by atoms with Gasteiger partial charge in [0, 0.05) is 13.0 Å². The van der Waals surface area contributed by atoms with Gasteiger partial charge in [-0.05, 0) is 38.6 Å². The van der Waals surface area contributed by atoms with Crippen molar-refractivity contribution < 1.29 is 4.42 Å². The molecule has 2 aromatic carbocycles. The minimum atomic E-state index is -0.479. The van der Waals surface area contributed by atoms with Crippen LogP contribution >= 0.6 is 12.4 Å². The van der Waals surface area contributed by atoms with Crippen molar-refractivity contribution in [2.45, 2.75) is 31.7 Å². The molecule has 0 aliphatic carbocycles. The van der Waals surface area contributed by atoms with Gasteiger partial charge in [0.2, 0.25) is 11.8 Å². The Morgan fingerprint density at radius 1 is 0.923 bits per heavy atom. The Labute approximate surface area is 161 Å². The van der Waals surface area contributed by atoms with Crippen LogP contribution in [0.3, 0.4) is 0 Å². The number of aromatic nitrogens is 2. The van der Waals surface area contributed by atoms with Crippen LogP contribution in [0, 0.1) is 6.92 Å². The van der Waals surface area contributed by atoms with E-state index in [0.717, 1.165) is 6.42 Å². The summed E-state index contributed by atoms with van der Waals surface area (Å²) in [5.74, 6) is 1.24. The summed E-state index contributed by atoms with van der Waals surface area (Å²) in [6.07, 6.45) is 0.843. The summed E-state index contributed by atoms with van der Waals surface area (Å²) in [4.78, 5) is 2.23. The molecule has 0 spiro atoms. The van der Waals surface area contributed by atoms with Gasteiger partial charge < -0.3 is 9.32 Å². The molecule has 5 heteroatoms. The van der Waals surface area contributed by atoms with Gasteiger partial charge in [-0.25, -0.2) is 0 Å². The molecule has 0 aliphatic heterocycles. The first-order chi connectivity index (χ1) is 12.0. The smallest absolute Gasteiger partial charge is 0.231 e. The van der Waals surface area contributed by atoms with Crippen LogP contribution in [0.4, 0.5) is 0 Å². The van der Waals surface area contributed by atoms with Crippen LogP contribution in [0.2, 0.25) is 0 Å². The van der Waals surface area contributed by atoms with Crippen molar-refractivity contribution in [2.24, 2.45) is 0 Å². The largest absolute Gasteiger partial charge is 0.424 e. The molecule has 0 N–H and O–H groups in total. The third-order valence-corrected chi connectivity index (χ3v) is 4.91. The van der Waals surface area contributed by atoms with Crippen LogP contribution in [0.5, 0.6) is 0 Å². The summed E-state index contributed by atoms with van der Waals surface area (Å²) in [5.41, 5.74) is 1.85. The molecule has 138 valence electrons. The van der Waals surface area contributed by atoms with Crippen molar-refractivity contribution in [3.05, 3.63) is 83.6 Å². The predicted octanol–water partition coefficient (Wildman–Crippen LogP) is 4.47. The van der Waals surface area contributed by atoms with Crippen molar-refractivity contribution >= 4 is 12.4 Å². The molecule has 0 radical (unpaired) electrons. The number of benzene rings is 2. The maximum atomic E-state index is 6.00.